The van der Waals surface area contributed by atoms with Crippen molar-refractivity contribution in [3.8, 4) is 0 Å². The summed E-state index contributed by atoms with van der Waals surface area (Å²) >= 11 is 0. The Hall–Kier alpha value is -0.530. The molecule has 2 heteroatoms. The molecule has 0 aromatic heterocycles. The number of carboxylic acids is 1. The Bertz CT molecular complexity index is 260. The largest absolute Gasteiger partial charge is 0.481 e. The van der Waals surface area contributed by atoms with E-state index >= 15 is 0 Å². The van der Waals surface area contributed by atoms with E-state index in [1.807, 2.05) is 6.92 Å². The summed E-state index contributed by atoms with van der Waals surface area (Å²) in [5, 5.41) is 9.24. The number of aliphatic carboxylic acids is 1. The third-order valence-corrected chi connectivity index (χ3v) is 5.37. The Kier molecular flexibility index (Phi) is 1.93. The van der Waals surface area contributed by atoms with Gasteiger partial charge in [-0.05, 0) is 61.7 Å². The van der Waals surface area contributed by atoms with E-state index in [4.69, 9.17) is 0 Å². The molecular formula is C13H20O2. The maximum Gasteiger partial charge on any atom is 0.306 e. The molecule has 2 nitrogen and oxygen atoms in total. The van der Waals surface area contributed by atoms with Crippen LogP contribution in [0.1, 0.15) is 45.4 Å². The molecule has 4 saturated carbocycles. The summed E-state index contributed by atoms with van der Waals surface area (Å²) in [4.78, 5) is 11.2. The van der Waals surface area contributed by atoms with Crippen LogP contribution in [0.5, 0.6) is 0 Å². The van der Waals surface area contributed by atoms with Gasteiger partial charge in [-0.15, -0.1) is 0 Å². The van der Waals surface area contributed by atoms with Gasteiger partial charge < -0.3 is 5.11 Å². The van der Waals surface area contributed by atoms with Crippen molar-refractivity contribution in [1.29, 1.82) is 0 Å². The van der Waals surface area contributed by atoms with Crippen molar-refractivity contribution in [2.75, 3.05) is 0 Å². The highest BCUT2D eigenvalue weighted by Crippen LogP contribution is 2.62. The molecule has 4 fully saturated rings. The van der Waals surface area contributed by atoms with Crippen molar-refractivity contribution < 1.29 is 9.90 Å². The van der Waals surface area contributed by atoms with Crippen LogP contribution in [0.3, 0.4) is 0 Å². The molecule has 0 spiro atoms. The Labute approximate surface area is 91.1 Å². The van der Waals surface area contributed by atoms with Crippen LogP contribution in [0.2, 0.25) is 0 Å². The second kappa shape index (κ2) is 2.99. The molecule has 0 heterocycles. The zero-order chi connectivity index (χ0) is 10.6. The van der Waals surface area contributed by atoms with Crippen molar-refractivity contribution in [1.82, 2.24) is 0 Å². The quantitative estimate of drug-likeness (QED) is 0.757. The zero-order valence-corrected chi connectivity index (χ0v) is 9.41. The van der Waals surface area contributed by atoms with E-state index in [1.165, 1.54) is 38.5 Å². The fourth-order valence-corrected chi connectivity index (χ4v) is 4.97. The highest BCUT2D eigenvalue weighted by atomic mass is 16.4. The molecule has 15 heavy (non-hydrogen) atoms. The molecule has 0 radical (unpaired) electrons. The third kappa shape index (κ3) is 1.33. The van der Waals surface area contributed by atoms with Gasteiger partial charge in [-0.3, -0.25) is 4.79 Å². The van der Waals surface area contributed by atoms with Crippen LogP contribution in [0.15, 0.2) is 0 Å². The average molecular weight is 208 g/mol. The lowest BCUT2D eigenvalue weighted by Crippen LogP contribution is -2.50. The Morgan fingerprint density at radius 1 is 1.13 bits per heavy atom. The highest BCUT2D eigenvalue weighted by Gasteiger charge is 2.54. The molecule has 0 aliphatic heterocycles. The lowest BCUT2D eigenvalue weighted by molar-refractivity contribution is -0.155. The summed E-state index contributed by atoms with van der Waals surface area (Å²) in [6, 6.07) is 0. The van der Waals surface area contributed by atoms with Crippen molar-refractivity contribution in [3.63, 3.8) is 0 Å². The molecule has 0 amide bonds. The second-order valence-electron chi connectivity index (χ2n) is 6.34. The molecular weight excluding hydrogens is 188 g/mol. The van der Waals surface area contributed by atoms with Crippen LogP contribution in [-0.2, 0) is 4.79 Å². The van der Waals surface area contributed by atoms with Crippen LogP contribution >= 0.6 is 0 Å². The second-order valence-corrected chi connectivity index (χ2v) is 6.34. The van der Waals surface area contributed by atoms with Crippen LogP contribution in [0.4, 0.5) is 0 Å². The summed E-state index contributed by atoms with van der Waals surface area (Å²) in [6.07, 6.45) is 7.79. The van der Waals surface area contributed by atoms with Gasteiger partial charge in [0.25, 0.3) is 0 Å². The van der Waals surface area contributed by atoms with Gasteiger partial charge in [-0.25, -0.2) is 0 Å². The van der Waals surface area contributed by atoms with Crippen molar-refractivity contribution in [2.24, 2.45) is 29.1 Å². The first-order chi connectivity index (χ1) is 7.09. The molecule has 1 N–H and O–H groups in total. The summed E-state index contributed by atoms with van der Waals surface area (Å²) < 4.78 is 0. The molecule has 4 aliphatic carbocycles. The normalized spacial score (nSPS) is 49.3. The maximum absolute atomic E-state index is 11.2. The first kappa shape index (κ1) is 9.68. The molecule has 4 aliphatic rings. The minimum atomic E-state index is -0.572. The van der Waals surface area contributed by atoms with E-state index in [1.54, 1.807) is 0 Å². The SMILES string of the molecule is CC(C(=O)O)C12CC3CC(CC(C3)C1)C2. The van der Waals surface area contributed by atoms with Crippen LogP contribution in [0.25, 0.3) is 0 Å². The van der Waals surface area contributed by atoms with Crippen molar-refractivity contribution in [3.05, 3.63) is 0 Å². The van der Waals surface area contributed by atoms with Gasteiger partial charge in [0, 0.05) is 0 Å². The molecule has 84 valence electrons. The summed E-state index contributed by atoms with van der Waals surface area (Å²) in [7, 11) is 0. The Balaban J connectivity index is 1.89. The standard InChI is InChI=1S/C13H20O2/c1-8(12(14)15)13-5-9-2-10(6-13)4-11(3-9)7-13/h8-11H,2-7H2,1H3,(H,14,15). The lowest BCUT2D eigenvalue weighted by Gasteiger charge is -2.58. The van der Waals surface area contributed by atoms with E-state index in [0.717, 1.165) is 17.8 Å². The van der Waals surface area contributed by atoms with Gasteiger partial charge in [-0.2, -0.15) is 0 Å². The summed E-state index contributed by atoms with van der Waals surface area (Å²) in [5.41, 5.74) is 0.181. The van der Waals surface area contributed by atoms with Gasteiger partial charge in [-0.1, -0.05) is 6.92 Å². The van der Waals surface area contributed by atoms with Crippen LogP contribution in [0, 0.1) is 29.1 Å². The van der Waals surface area contributed by atoms with Gasteiger partial charge in [0.05, 0.1) is 5.92 Å². The fraction of sp³-hybridized carbons (Fsp3) is 0.923. The van der Waals surface area contributed by atoms with E-state index in [-0.39, 0.29) is 11.3 Å². The molecule has 0 aromatic rings. The first-order valence-corrected chi connectivity index (χ1v) is 6.32. The number of carboxylic acid groups (broad SMARTS) is 1. The first-order valence-electron chi connectivity index (χ1n) is 6.32. The number of rotatable bonds is 2. The molecule has 0 aromatic carbocycles. The van der Waals surface area contributed by atoms with Gasteiger partial charge >= 0.3 is 5.97 Å². The molecule has 1 atom stereocenters. The number of hydrogen-bond acceptors (Lipinski definition) is 1. The fourth-order valence-electron chi connectivity index (χ4n) is 4.97. The van der Waals surface area contributed by atoms with Gasteiger partial charge in [0.1, 0.15) is 0 Å². The van der Waals surface area contributed by atoms with Gasteiger partial charge in [0.15, 0.2) is 0 Å². The minimum absolute atomic E-state index is 0.120. The highest BCUT2D eigenvalue weighted by molar-refractivity contribution is 5.70. The van der Waals surface area contributed by atoms with E-state index in [0.29, 0.717) is 0 Å². The Morgan fingerprint density at radius 2 is 1.53 bits per heavy atom. The lowest BCUT2D eigenvalue weighted by atomic mass is 9.46. The predicted molar refractivity (Wildman–Crippen MR) is 57.4 cm³/mol. The average Bonchev–Trinajstić information content (AvgIpc) is 2.14. The third-order valence-electron chi connectivity index (χ3n) is 5.37. The van der Waals surface area contributed by atoms with E-state index in [2.05, 4.69) is 0 Å². The van der Waals surface area contributed by atoms with Crippen molar-refractivity contribution in [2.45, 2.75) is 45.4 Å². The maximum atomic E-state index is 11.2. The summed E-state index contributed by atoms with van der Waals surface area (Å²) in [6.45, 7) is 1.94. The zero-order valence-electron chi connectivity index (χ0n) is 9.41. The van der Waals surface area contributed by atoms with E-state index < -0.39 is 5.97 Å². The van der Waals surface area contributed by atoms with Crippen LogP contribution in [-0.4, -0.2) is 11.1 Å². The Morgan fingerprint density at radius 3 is 1.87 bits per heavy atom. The topological polar surface area (TPSA) is 37.3 Å². The van der Waals surface area contributed by atoms with E-state index in [9.17, 15) is 9.90 Å². The molecule has 4 rings (SSSR count). The number of hydrogen-bond donors (Lipinski definition) is 1. The summed E-state index contributed by atoms with van der Waals surface area (Å²) in [5.74, 6) is 1.89. The van der Waals surface area contributed by atoms with Gasteiger partial charge in [0.2, 0.25) is 0 Å². The van der Waals surface area contributed by atoms with Crippen LogP contribution < -0.4 is 0 Å². The molecule has 1 unspecified atom stereocenters. The predicted octanol–water partition coefficient (Wildman–Crippen LogP) is 2.92. The molecule has 4 bridgehead atoms. The van der Waals surface area contributed by atoms with Crippen molar-refractivity contribution >= 4 is 5.97 Å². The smallest absolute Gasteiger partial charge is 0.306 e. The minimum Gasteiger partial charge on any atom is -0.481 e. The number of carbonyl (C=O) groups is 1. The molecule has 0 saturated heterocycles. The monoisotopic (exact) mass is 208 g/mol.